The van der Waals surface area contributed by atoms with Gasteiger partial charge in [0.05, 0.1) is 0 Å². The highest BCUT2D eigenvalue weighted by molar-refractivity contribution is 5.59. The zero-order valence-electron chi connectivity index (χ0n) is 13.6. The van der Waals surface area contributed by atoms with Crippen LogP contribution in [0.1, 0.15) is 16.8 Å². The summed E-state index contributed by atoms with van der Waals surface area (Å²) in [6, 6.07) is 15.6. The summed E-state index contributed by atoms with van der Waals surface area (Å²) < 4.78 is 16.4. The second-order valence-electron chi connectivity index (χ2n) is 5.72. The lowest BCUT2D eigenvalue weighted by Gasteiger charge is -2.04. The molecule has 1 aliphatic rings. The maximum Gasteiger partial charge on any atom is 0.232 e. The number of benzene rings is 2. The Morgan fingerprint density at radius 3 is 2.72 bits per heavy atom. The molecule has 0 amide bonds. The zero-order valence-corrected chi connectivity index (χ0v) is 13.6. The van der Waals surface area contributed by atoms with E-state index in [9.17, 15) is 5.26 Å². The van der Waals surface area contributed by atoms with E-state index in [2.05, 4.69) is 16.4 Å². The van der Waals surface area contributed by atoms with E-state index in [0.717, 1.165) is 28.2 Å². The number of hydrogen-bond acceptors (Lipinski definition) is 6. The molecule has 0 spiro atoms. The number of anilines is 1. The second-order valence-corrected chi connectivity index (χ2v) is 5.72. The van der Waals surface area contributed by atoms with Crippen molar-refractivity contribution in [2.75, 3.05) is 12.1 Å². The van der Waals surface area contributed by atoms with Crippen molar-refractivity contribution in [1.29, 1.82) is 5.26 Å². The third kappa shape index (κ3) is 3.00. The average Bonchev–Trinajstić information content (AvgIpc) is 3.26. The number of fused-ring (bicyclic) bond motifs is 1. The fourth-order valence-corrected chi connectivity index (χ4v) is 2.57. The Balaban J connectivity index is 1.54. The van der Waals surface area contributed by atoms with Crippen LogP contribution in [0.2, 0.25) is 0 Å². The highest BCUT2D eigenvalue weighted by Gasteiger charge is 2.16. The van der Waals surface area contributed by atoms with Gasteiger partial charge in [-0.1, -0.05) is 23.8 Å². The summed E-state index contributed by atoms with van der Waals surface area (Å²) in [6.07, 6.45) is 0. The monoisotopic (exact) mass is 333 g/mol. The van der Waals surface area contributed by atoms with E-state index in [-0.39, 0.29) is 12.5 Å². The van der Waals surface area contributed by atoms with Crippen molar-refractivity contribution in [2.45, 2.75) is 13.5 Å². The van der Waals surface area contributed by atoms with Crippen molar-refractivity contribution in [3.63, 3.8) is 0 Å². The van der Waals surface area contributed by atoms with Gasteiger partial charge in [0.2, 0.25) is 24.3 Å². The lowest BCUT2D eigenvalue weighted by atomic mass is 10.1. The fraction of sp³-hybridized carbons (Fsp3) is 0.158. The molecule has 6 nitrogen and oxygen atoms in total. The van der Waals surface area contributed by atoms with Crippen LogP contribution in [0.4, 0.5) is 5.88 Å². The minimum Gasteiger partial charge on any atom is -0.454 e. The van der Waals surface area contributed by atoms with Gasteiger partial charge in [-0.3, -0.25) is 0 Å². The van der Waals surface area contributed by atoms with Crippen molar-refractivity contribution in [1.82, 2.24) is 4.98 Å². The molecule has 0 aliphatic carbocycles. The largest absolute Gasteiger partial charge is 0.454 e. The van der Waals surface area contributed by atoms with E-state index in [0.29, 0.717) is 18.3 Å². The maximum absolute atomic E-state index is 9.30. The van der Waals surface area contributed by atoms with E-state index in [4.69, 9.17) is 13.9 Å². The number of nitriles is 1. The number of ether oxygens (including phenoxy) is 2. The SMILES string of the molecule is Cc1ccc(-c2nc(C#N)c(NCc3ccc4c(c3)OCO4)o2)cc1. The maximum atomic E-state index is 9.30. The van der Waals surface area contributed by atoms with Crippen LogP contribution in [-0.2, 0) is 6.54 Å². The molecular weight excluding hydrogens is 318 g/mol. The van der Waals surface area contributed by atoms with Crippen LogP contribution in [0, 0.1) is 18.3 Å². The van der Waals surface area contributed by atoms with Crippen LogP contribution in [0.5, 0.6) is 11.5 Å². The summed E-state index contributed by atoms with van der Waals surface area (Å²) in [7, 11) is 0. The van der Waals surface area contributed by atoms with Crippen LogP contribution in [0.3, 0.4) is 0 Å². The van der Waals surface area contributed by atoms with E-state index in [1.807, 2.05) is 49.4 Å². The zero-order chi connectivity index (χ0) is 17.2. The van der Waals surface area contributed by atoms with Crippen molar-refractivity contribution in [2.24, 2.45) is 0 Å². The topological polar surface area (TPSA) is 80.3 Å². The Morgan fingerprint density at radius 2 is 1.92 bits per heavy atom. The van der Waals surface area contributed by atoms with Crippen molar-refractivity contribution >= 4 is 5.88 Å². The predicted molar refractivity (Wildman–Crippen MR) is 91.3 cm³/mol. The van der Waals surface area contributed by atoms with Crippen LogP contribution >= 0.6 is 0 Å². The molecule has 1 aliphatic heterocycles. The Hall–Kier alpha value is -3.46. The molecule has 124 valence electrons. The van der Waals surface area contributed by atoms with E-state index in [1.165, 1.54) is 0 Å². The number of rotatable bonds is 4. The summed E-state index contributed by atoms with van der Waals surface area (Å²) in [6.45, 7) is 2.74. The lowest BCUT2D eigenvalue weighted by Crippen LogP contribution is -1.99. The highest BCUT2D eigenvalue weighted by Crippen LogP contribution is 2.33. The van der Waals surface area contributed by atoms with Gasteiger partial charge in [-0.25, -0.2) is 0 Å². The van der Waals surface area contributed by atoms with Gasteiger partial charge >= 0.3 is 0 Å². The molecule has 0 saturated heterocycles. The van der Waals surface area contributed by atoms with Gasteiger partial charge in [-0.2, -0.15) is 10.2 Å². The van der Waals surface area contributed by atoms with Crippen LogP contribution in [0.25, 0.3) is 11.5 Å². The molecule has 25 heavy (non-hydrogen) atoms. The average molecular weight is 333 g/mol. The molecular formula is C19H15N3O3. The predicted octanol–water partition coefficient (Wildman–Crippen LogP) is 3.86. The third-order valence-electron chi connectivity index (χ3n) is 3.92. The van der Waals surface area contributed by atoms with Gasteiger partial charge in [-0.15, -0.1) is 0 Å². The van der Waals surface area contributed by atoms with Gasteiger partial charge in [0.25, 0.3) is 0 Å². The lowest BCUT2D eigenvalue weighted by molar-refractivity contribution is 0.174. The van der Waals surface area contributed by atoms with Gasteiger partial charge < -0.3 is 19.2 Å². The highest BCUT2D eigenvalue weighted by atomic mass is 16.7. The fourth-order valence-electron chi connectivity index (χ4n) is 2.57. The number of aromatic nitrogens is 1. The third-order valence-corrected chi connectivity index (χ3v) is 3.92. The van der Waals surface area contributed by atoms with E-state index in [1.54, 1.807) is 0 Å². The smallest absolute Gasteiger partial charge is 0.232 e. The summed E-state index contributed by atoms with van der Waals surface area (Å²) in [5, 5.41) is 12.4. The first-order valence-electron chi connectivity index (χ1n) is 7.83. The Kier molecular flexibility index (Phi) is 3.75. The van der Waals surface area contributed by atoms with Gasteiger partial charge in [0.1, 0.15) is 6.07 Å². The molecule has 1 aromatic heterocycles. The Labute approximate surface area is 144 Å². The Morgan fingerprint density at radius 1 is 1.12 bits per heavy atom. The number of aryl methyl sites for hydroxylation is 1. The summed E-state index contributed by atoms with van der Waals surface area (Å²) in [5.74, 6) is 2.24. The number of hydrogen-bond donors (Lipinski definition) is 1. The molecule has 1 N–H and O–H groups in total. The van der Waals surface area contributed by atoms with Crippen molar-refractivity contribution < 1.29 is 13.9 Å². The Bertz CT molecular complexity index is 955. The number of nitrogens with zero attached hydrogens (tertiary/aromatic N) is 2. The summed E-state index contributed by atoms with van der Waals surface area (Å²) >= 11 is 0. The molecule has 6 heteroatoms. The first kappa shape index (κ1) is 15.1. The minimum atomic E-state index is 0.233. The van der Waals surface area contributed by atoms with E-state index < -0.39 is 0 Å². The molecule has 0 saturated carbocycles. The van der Waals surface area contributed by atoms with Crippen LogP contribution in [-0.4, -0.2) is 11.8 Å². The molecule has 3 aromatic rings. The molecule has 2 aromatic carbocycles. The molecule has 0 bridgehead atoms. The summed E-state index contributed by atoms with van der Waals surface area (Å²) in [4.78, 5) is 4.26. The molecule has 0 radical (unpaired) electrons. The second kappa shape index (κ2) is 6.21. The van der Waals surface area contributed by atoms with Crippen LogP contribution < -0.4 is 14.8 Å². The molecule has 2 heterocycles. The van der Waals surface area contributed by atoms with Crippen LogP contribution in [0.15, 0.2) is 46.9 Å². The van der Waals surface area contributed by atoms with Gasteiger partial charge in [-0.05, 0) is 36.8 Å². The van der Waals surface area contributed by atoms with Crippen molar-refractivity contribution in [3.8, 4) is 29.0 Å². The number of oxazole rings is 1. The quantitative estimate of drug-likeness (QED) is 0.781. The molecule has 4 rings (SSSR count). The normalized spacial score (nSPS) is 12.0. The molecule has 0 fully saturated rings. The first-order chi connectivity index (χ1) is 12.2. The number of nitrogens with one attached hydrogen (secondary N) is 1. The van der Waals surface area contributed by atoms with Gasteiger partial charge in [0, 0.05) is 12.1 Å². The van der Waals surface area contributed by atoms with Gasteiger partial charge in [0.15, 0.2) is 11.5 Å². The standard InChI is InChI=1S/C19H15N3O3/c1-12-2-5-14(6-3-12)18-22-15(9-20)19(25-18)21-10-13-4-7-16-17(8-13)24-11-23-16/h2-8,21H,10-11H2,1H3. The van der Waals surface area contributed by atoms with E-state index >= 15 is 0 Å². The minimum absolute atomic E-state index is 0.233. The first-order valence-corrected chi connectivity index (χ1v) is 7.83. The van der Waals surface area contributed by atoms with Crippen molar-refractivity contribution in [3.05, 3.63) is 59.3 Å². The molecule has 0 unspecified atom stereocenters. The molecule has 0 atom stereocenters. The summed E-state index contributed by atoms with van der Waals surface area (Å²) in [5.41, 5.74) is 3.20.